The topological polar surface area (TPSA) is 127 Å². The van der Waals surface area contributed by atoms with Crippen LogP contribution in [0.25, 0.3) is 0 Å². The molecule has 0 aromatic carbocycles. The van der Waals surface area contributed by atoms with Crippen molar-refractivity contribution in [2.75, 3.05) is 0 Å². The minimum absolute atomic E-state index is 0.0208. The minimum atomic E-state index is -1.84. The van der Waals surface area contributed by atoms with Crippen molar-refractivity contribution in [3.63, 3.8) is 0 Å². The Morgan fingerprint density at radius 1 is 1.12 bits per heavy atom. The van der Waals surface area contributed by atoms with Crippen LogP contribution in [0.2, 0.25) is 0 Å². The van der Waals surface area contributed by atoms with Gasteiger partial charge in [-0.3, -0.25) is 9.59 Å². The first-order valence-electron chi connectivity index (χ1n) is 5.07. The van der Waals surface area contributed by atoms with E-state index in [1.165, 1.54) is 0 Å². The van der Waals surface area contributed by atoms with E-state index in [0.29, 0.717) is 0 Å². The summed E-state index contributed by atoms with van der Waals surface area (Å²) in [6, 6.07) is -2.15. The minimum Gasteiger partial charge on any atom is -0.480 e. The Morgan fingerprint density at radius 3 is 1.47 bits per heavy atom. The van der Waals surface area contributed by atoms with Gasteiger partial charge >= 0.3 is 11.9 Å². The van der Waals surface area contributed by atoms with Gasteiger partial charge in [-0.05, 0) is 19.8 Å². The highest BCUT2D eigenvalue weighted by Gasteiger charge is 2.31. The second-order valence-corrected chi connectivity index (χ2v) is 4.49. The van der Waals surface area contributed by atoms with Gasteiger partial charge in [-0.1, -0.05) is 13.8 Å². The molecule has 1 unspecified atom stereocenters. The Hall–Kier alpha value is -1.21. The Morgan fingerprint density at radius 2 is 1.47 bits per heavy atom. The molecule has 2 atom stereocenters. The SMILES string of the molecule is CC(C)(F)[C@H](N)C(=O)O.CC(C)C(N)C(=O)O. The molecule has 0 fully saturated rings. The van der Waals surface area contributed by atoms with Crippen LogP contribution in [0.15, 0.2) is 0 Å². The molecule has 0 saturated carbocycles. The van der Waals surface area contributed by atoms with E-state index in [0.717, 1.165) is 13.8 Å². The van der Waals surface area contributed by atoms with E-state index in [1.807, 2.05) is 0 Å². The zero-order valence-corrected chi connectivity index (χ0v) is 10.5. The standard InChI is InChI=1S/C5H10FNO2.C5H11NO2/c1-5(2,6)3(7)4(8)9;1-3(2)4(6)5(7)8/h3H,7H2,1-2H3,(H,8,9);3-4H,6H2,1-2H3,(H,7,8)/t3-;/m1./s1. The zero-order chi connectivity index (χ0) is 14.4. The first kappa shape index (κ1) is 18.2. The number of rotatable bonds is 4. The quantitative estimate of drug-likeness (QED) is 0.566. The summed E-state index contributed by atoms with van der Waals surface area (Å²) in [5.74, 6) is -2.23. The van der Waals surface area contributed by atoms with E-state index >= 15 is 0 Å². The van der Waals surface area contributed by atoms with Gasteiger partial charge in [-0.25, -0.2) is 4.39 Å². The van der Waals surface area contributed by atoms with E-state index < -0.39 is 29.7 Å². The van der Waals surface area contributed by atoms with Gasteiger partial charge in [0, 0.05) is 0 Å². The fourth-order valence-electron chi connectivity index (χ4n) is 0.579. The molecule has 6 N–H and O–H groups in total. The molecule has 0 bridgehead atoms. The summed E-state index contributed by atoms with van der Waals surface area (Å²) in [5.41, 5.74) is 8.24. The molecule has 0 aromatic heterocycles. The van der Waals surface area contributed by atoms with Crippen molar-refractivity contribution in [2.45, 2.75) is 45.4 Å². The third-order valence-corrected chi connectivity index (χ3v) is 2.01. The molecule has 0 saturated heterocycles. The normalized spacial score (nSPS) is 14.6. The fourth-order valence-corrected chi connectivity index (χ4v) is 0.579. The highest BCUT2D eigenvalue weighted by molar-refractivity contribution is 5.74. The lowest BCUT2D eigenvalue weighted by molar-refractivity contribution is -0.142. The predicted molar refractivity (Wildman–Crippen MR) is 61.2 cm³/mol. The molecule has 0 rings (SSSR count). The van der Waals surface area contributed by atoms with Gasteiger partial charge in [0.05, 0.1) is 0 Å². The number of alkyl halides is 1. The van der Waals surface area contributed by atoms with Crippen molar-refractivity contribution >= 4 is 11.9 Å². The maximum Gasteiger partial charge on any atom is 0.323 e. The fraction of sp³-hybridized carbons (Fsp3) is 0.800. The average Bonchev–Trinajstić information content (AvgIpc) is 2.14. The second kappa shape index (κ2) is 7.18. The number of halogens is 1. The molecule has 7 heteroatoms. The number of nitrogens with two attached hydrogens (primary N) is 2. The molecule has 17 heavy (non-hydrogen) atoms. The lowest BCUT2D eigenvalue weighted by Gasteiger charge is -2.17. The van der Waals surface area contributed by atoms with E-state index in [9.17, 15) is 14.0 Å². The van der Waals surface area contributed by atoms with Gasteiger partial charge in [0.15, 0.2) is 0 Å². The molecule has 0 aliphatic rings. The molecule has 0 aliphatic heterocycles. The van der Waals surface area contributed by atoms with Crippen LogP contribution < -0.4 is 11.5 Å². The van der Waals surface area contributed by atoms with Gasteiger partial charge in [-0.2, -0.15) is 0 Å². The summed E-state index contributed by atoms with van der Waals surface area (Å²) < 4.78 is 12.5. The molecule has 0 radical (unpaired) electrons. The van der Waals surface area contributed by atoms with Crippen molar-refractivity contribution in [2.24, 2.45) is 17.4 Å². The largest absolute Gasteiger partial charge is 0.480 e. The number of carboxylic acids is 2. The van der Waals surface area contributed by atoms with E-state index in [1.54, 1.807) is 13.8 Å². The molecule has 0 amide bonds. The summed E-state index contributed by atoms with van der Waals surface area (Å²) in [5, 5.41) is 16.4. The number of hydrogen-bond donors (Lipinski definition) is 4. The molecule has 0 aromatic rings. The molecular weight excluding hydrogens is 231 g/mol. The summed E-state index contributed by atoms with van der Waals surface area (Å²) in [7, 11) is 0. The van der Waals surface area contributed by atoms with Crippen molar-refractivity contribution in [3.05, 3.63) is 0 Å². The molecule has 102 valence electrons. The number of hydrogen-bond acceptors (Lipinski definition) is 4. The summed E-state index contributed by atoms with van der Waals surface area (Å²) in [4.78, 5) is 20.0. The van der Waals surface area contributed by atoms with Gasteiger partial charge in [0.25, 0.3) is 0 Å². The second-order valence-electron chi connectivity index (χ2n) is 4.49. The Balaban J connectivity index is 0. The van der Waals surface area contributed by atoms with E-state index in [2.05, 4.69) is 0 Å². The van der Waals surface area contributed by atoms with Gasteiger partial charge in [0.1, 0.15) is 17.8 Å². The third-order valence-electron chi connectivity index (χ3n) is 2.01. The van der Waals surface area contributed by atoms with Crippen molar-refractivity contribution in [1.29, 1.82) is 0 Å². The first-order chi connectivity index (χ1) is 7.41. The molecule has 6 nitrogen and oxygen atoms in total. The summed E-state index contributed by atoms with van der Waals surface area (Å²) in [6.45, 7) is 5.81. The van der Waals surface area contributed by atoms with Crippen LogP contribution >= 0.6 is 0 Å². The van der Waals surface area contributed by atoms with Crippen molar-refractivity contribution in [3.8, 4) is 0 Å². The smallest absolute Gasteiger partial charge is 0.323 e. The molecular formula is C10H21FN2O4. The van der Waals surface area contributed by atoms with Crippen LogP contribution in [-0.2, 0) is 9.59 Å². The van der Waals surface area contributed by atoms with Crippen LogP contribution in [0.5, 0.6) is 0 Å². The monoisotopic (exact) mass is 252 g/mol. The Kier molecular flexibility index (Phi) is 7.67. The van der Waals surface area contributed by atoms with Crippen LogP contribution in [0, 0.1) is 5.92 Å². The number of carbonyl (C=O) groups is 2. The number of aliphatic carboxylic acids is 2. The van der Waals surface area contributed by atoms with Crippen molar-refractivity contribution in [1.82, 2.24) is 0 Å². The lowest BCUT2D eigenvalue weighted by atomic mass is 10.0. The predicted octanol–water partition coefficient (Wildman–Crippen LogP) is 0.201. The number of carboxylic acid groups (broad SMARTS) is 2. The van der Waals surface area contributed by atoms with Gasteiger partial charge in [0.2, 0.25) is 0 Å². The maximum absolute atomic E-state index is 12.5. The Labute approximate surface area is 99.8 Å². The van der Waals surface area contributed by atoms with Gasteiger partial charge in [-0.15, -0.1) is 0 Å². The highest BCUT2D eigenvalue weighted by Crippen LogP contribution is 2.11. The maximum atomic E-state index is 12.5. The molecule has 0 aliphatic carbocycles. The van der Waals surface area contributed by atoms with Crippen LogP contribution in [0.4, 0.5) is 4.39 Å². The van der Waals surface area contributed by atoms with Gasteiger partial charge < -0.3 is 21.7 Å². The van der Waals surface area contributed by atoms with Crippen LogP contribution in [0.3, 0.4) is 0 Å². The van der Waals surface area contributed by atoms with Crippen LogP contribution in [0.1, 0.15) is 27.7 Å². The van der Waals surface area contributed by atoms with Crippen LogP contribution in [-0.4, -0.2) is 39.9 Å². The summed E-state index contributed by atoms with van der Waals surface area (Å²) in [6.07, 6.45) is 0. The molecule has 0 spiro atoms. The average molecular weight is 252 g/mol. The lowest BCUT2D eigenvalue weighted by Crippen LogP contribution is -2.45. The highest BCUT2D eigenvalue weighted by atomic mass is 19.1. The zero-order valence-electron chi connectivity index (χ0n) is 10.5. The van der Waals surface area contributed by atoms with Crippen molar-refractivity contribution < 1.29 is 24.2 Å². The first-order valence-corrected chi connectivity index (χ1v) is 5.07. The third kappa shape index (κ3) is 8.58. The molecule has 0 heterocycles. The van der Waals surface area contributed by atoms with E-state index in [4.69, 9.17) is 21.7 Å². The summed E-state index contributed by atoms with van der Waals surface area (Å²) >= 11 is 0. The Bertz CT molecular complexity index is 264. The van der Waals surface area contributed by atoms with E-state index in [-0.39, 0.29) is 5.92 Å².